The summed E-state index contributed by atoms with van der Waals surface area (Å²) in [5.74, 6) is -1.66. The lowest BCUT2D eigenvalue weighted by atomic mass is 10.1. The number of aromatic nitrogens is 2. The van der Waals surface area contributed by atoms with Crippen LogP contribution in [0.4, 0.5) is 10.1 Å². The first-order chi connectivity index (χ1) is 15.9. The summed E-state index contributed by atoms with van der Waals surface area (Å²) in [6, 6.07) is 7.01. The van der Waals surface area contributed by atoms with Crippen LogP contribution < -0.4 is 4.31 Å². The zero-order valence-electron chi connectivity index (χ0n) is 18.9. The lowest BCUT2D eigenvalue weighted by Crippen LogP contribution is -2.25. The number of hydrogen-bond acceptors (Lipinski definition) is 6. The maximum absolute atomic E-state index is 13.9. The van der Waals surface area contributed by atoms with E-state index >= 15 is 0 Å². The molecule has 4 rings (SSSR count). The van der Waals surface area contributed by atoms with Gasteiger partial charge in [-0.15, -0.1) is 0 Å². The van der Waals surface area contributed by atoms with Gasteiger partial charge in [0, 0.05) is 49.9 Å². The van der Waals surface area contributed by atoms with Crippen LogP contribution in [0.15, 0.2) is 42.7 Å². The third kappa shape index (κ3) is 3.77. The number of carbonyl (C=O) groups is 1. The number of sulfonamides is 1. The monoisotopic (exact) mass is 486 g/mol. The van der Waals surface area contributed by atoms with E-state index in [1.54, 1.807) is 26.2 Å². The minimum atomic E-state index is -3.71. The molecule has 2 aromatic heterocycles. The average Bonchev–Trinajstić information content (AvgIpc) is 3.09. The van der Waals surface area contributed by atoms with Crippen molar-refractivity contribution in [3.63, 3.8) is 0 Å². The fraction of sp³-hybridized carbons (Fsp3) is 0.217. The molecule has 2 heterocycles. The summed E-state index contributed by atoms with van der Waals surface area (Å²) in [6.07, 6.45) is 3.98. The van der Waals surface area contributed by atoms with Crippen LogP contribution in [0.25, 0.3) is 21.7 Å². The van der Waals surface area contributed by atoms with Gasteiger partial charge in [-0.3, -0.25) is 14.1 Å². The van der Waals surface area contributed by atoms with Crippen molar-refractivity contribution in [1.82, 2.24) is 14.5 Å². The Balaban J connectivity index is 2.00. The fourth-order valence-corrected chi connectivity index (χ4v) is 4.47. The van der Waals surface area contributed by atoms with E-state index in [0.29, 0.717) is 10.9 Å². The lowest BCUT2D eigenvalue weighted by Gasteiger charge is -2.20. The molecule has 0 radical (unpaired) electrons. The Morgan fingerprint density at radius 3 is 2.50 bits per heavy atom. The van der Waals surface area contributed by atoms with Gasteiger partial charge in [-0.25, -0.2) is 12.8 Å². The second-order valence-electron chi connectivity index (χ2n) is 8.20. The van der Waals surface area contributed by atoms with Crippen molar-refractivity contribution >= 4 is 43.3 Å². The van der Waals surface area contributed by atoms with Gasteiger partial charge < -0.3 is 19.7 Å². The summed E-state index contributed by atoms with van der Waals surface area (Å²) < 4.78 is 41.1. The molecule has 1 amide bonds. The SMILES string of the molecule is CN(C)C(=O)c1cc(F)ccc1Cn1cc2c(N(C)S(C)(=O)=O)c3cccnc3c(O)c2c1O. The van der Waals surface area contributed by atoms with Gasteiger partial charge in [0.25, 0.3) is 5.91 Å². The third-order valence-corrected chi connectivity index (χ3v) is 6.87. The van der Waals surface area contributed by atoms with E-state index in [9.17, 15) is 27.8 Å². The molecule has 0 unspecified atom stereocenters. The van der Waals surface area contributed by atoms with Gasteiger partial charge in [-0.2, -0.15) is 0 Å². The van der Waals surface area contributed by atoms with E-state index < -0.39 is 21.7 Å². The molecule has 0 bridgehead atoms. The number of anilines is 1. The molecule has 0 fully saturated rings. The van der Waals surface area contributed by atoms with Gasteiger partial charge >= 0.3 is 0 Å². The summed E-state index contributed by atoms with van der Waals surface area (Å²) >= 11 is 0. The van der Waals surface area contributed by atoms with Crippen LogP contribution in [-0.2, 0) is 16.6 Å². The average molecular weight is 487 g/mol. The highest BCUT2D eigenvalue weighted by Gasteiger charge is 2.26. The highest BCUT2D eigenvalue weighted by Crippen LogP contribution is 2.46. The van der Waals surface area contributed by atoms with Gasteiger partial charge in [-0.1, -0.05) is 6.07 Å². The molecule has 0 aliphatic heterocycles. The molecule has 0 spiro atoms. The predicted molar refractivity (Wildman–Crippen MR) is 127 cm³/mol. The van der Waals surface area contributed by atoms with Crippen LogP contribution in [0.5, 0.6) is 11.6 Å². The van der Waals surface area contributed by atoms with Crippen LogP contribution in [0.3, 0.4) is 0 Å². The first kappa shape index (κ1) is 23.3. The van der Waals surface area contributed by atoms with Gasteiger partial charge in [0.15, 0.2) is 5.75 Å². The number of benzene rings is 2. The number of phenols is 1. The van der Waals surface area contributed by atoms with Crippen LogP contribution >= 0.6 is 0 Å². The molecule has 4 aromatic rings. The molecule has 0 aliphatic rings. The lowest BCUT2D eigenvalue weighted by molar-refractivity contribution is 0.0826. The zero-order valence-corrected chi connectivity index (χ0v) is 19.8. The summed E-state index contributed by atoms with van der Waals surface area (Å²) in [7, 11) is 0.754. The molecule has 178 valence electrons. The fourth-order valence-electron chi connectivity index (χ4n) is 3.94. The van der Waals surface area contributed by atoms with E-state index in [4.69, 9.17) is 0 Å². The molecule has 2 N–H and O–H groups in total. The van der Waals surface area contributed by atoms with Gasteiger partial charge in [0.05, 0.1) is 23.9 Å². The number of pyridine rings is 1. The summed E-state index contributed by atoms with van der Waals surface area (Å²) in [4.78, 5) is 18.1. The minimum Gasteiger partial charge on any atom is -0.505 e. The van der Waals surface area contributed by atoms with E-state index in [-0.39, 0.29) is 45.7 Å². The maximum Gasteiger partial charge on any atom is 0.253 e. The van der Waals surface area contributed by atoms with Crippen LogP contribution in [-0.4, -0.2) is 66.4 Å². The Hall–Kier alpha value is -3.86. The number of nitrogens with zero attached hydrogens (tertiary/aromatic N) is 4. The molecular weight excluding hydrogens is 463 g/mol. The molecular formula is C23H23FN4O5S. The van der Waals surface area contributed by atoms with E-state index in [1.807, 2.05) is 0 Å². The Labute approximate surface area is 195 Å². The Morgan fingerprint density at radius 1 is 1.15 bits per heavy atom. The Bertz CT molecular complexity index is 1560. The van der Waals surface area contributed by atoms with Crippen molar-refractivity contribution in [3.8, 4) is 11.6 Å². The van der Waals surface area contributed by atoms with Crippen molar-refractivity contribution in [3.05, 3.63) is 59.7 Å². The van der Waals surface area contributed by atoms with Crippen LogP contribution in [0.1, 0.15) is 15.9 Å². The number of aromatic hydroxyl groups is 2. The molecule has 0 saturated carbocycles. The second kappa shape index (κ2) is 8.17. The largest absolute Gasteiger partial charge is 0.505 e. The van der Waals surface area contributed by atoms with Crippen molar-refractivity contribution in [2.75, 3.05) is 31.7 Å². The van der Waals surface area contributed by atoms with Gasteiger partial charge in [0.1, 0.15) is 11.3 Å². The smallest absolute Gasteiger partial charge is 0.253 e. The zero-order chi connectivity index (χ0) is 24.9. The molecule has 0 aliphatic carbocycles. The molecule has 34 heavy (non-hydrogen) atoms. The minimum absolute atomic E-state index is 0.0132. The van der Waals surface area contributed by atoms with E-state index in [2.05, 4.69) is 4.98 Å². The maximum atomic E-state index is 13.9. The quantitative estimate of drug-likeness (QED) is 0.448. The number of phenolic OH excluding ortho intramolecular Hbond substituents is 1. The normalized spacial score (nSPS) is 11.8. The molecule has 0 saturated heterocycles. The first-order valence-electron chi connectivity index (χ1n) is 10.2. The highest BCUT2D eigenvalue weighted by atomic mass is 32.2. The number of rotatable bonds is 5. The van der Waals surface area contributed by atoms with E-state index in [0.717, 1.165) is 16.6 Å². The molecule has 0 atom stereocenters. The highest BCUT2D eigenvalue weighted by molar-refractivity contribution is 7.92. The van der Waals surface area contributed by atoms with Crippen LogP contribution in [0, 0.1) is 5.82 Å². The van der Waals surface area contributed by atoms with Gasteiger partial charge in [-0.05, 0) is 29.8 Å². The third-order valence-electron chi connectivity index (χ3n) is 5.69. The standard InChI is InChI=1S/C23H23FN4O5S/c1-26(2)22(30)16-10-14(24)8-7-13(16)11-28-12-17-18(23(28)31)21(29)19-15(6-5-9-25-19)20(17)27(3)34(4,32)33/h5-10,12,29,31H,11H2,1-4H3. The second-order valence-corrected chi connectivity index (χ2v) is 10.2. The van der Waals surface area contributed by atoms with Crippen molar-refractivity contribution in [2.45, 2.75) is 6.54 Å². The number of amides is 1. The summed E-state index contributed by atoms with van der Waals surface area (Å²) in [5, 5.41) is 22.6. The predicted octanol–water partition coefficient (Wildman–Crippen LogP) is 2.89. The number of hydrogen-bond donors (Lipinski definition) is 2. The summed E-state index contributed by atoms with van der Waals surface area (Å²) in [6.45, 7) is -0.0407. The molecule has 9 nitrogen and oxygen atoms in total. The van der Waals surface area contributed by atoms with Crippen molar-refractivity contribution in [1.29, 1.82) is 0 Å². The Morgan fingerprint density at radius 2 is 1.85 bits per heavy atom. The molecule has 2 aromatic carbocycles. The van der Waals surface area contributed by atoms with E-state index in [1.165, 1.54) is 41.0 Å². The first-order valence-corrected chi connectivity index (χ1v) is 12.0. The topological polar surface area (TPSA) is 116 Å². The summed E-state index contributed by atoms with van der Waals surface area (Å²) in [5.41, 5.74) is 0.900. The van der Waals surface area contributed by atoms with Crippen molar-refractivity contribution in [2.24, 2.45) is 0 Å². The number of fused-ring (bicyclic) bond motifs is 2. The van der Waals surface area contributed by atoms with Crippen LogP contribution in [0.2, 0.25) is 0 Å². The Kier molecular flexibility index (Phi) is 5.60. The number of halogens is 1. The number of carbonyl (C=O) groups excluding carboxylic acids is 1. The van der Waals surface area contributed by atoms with Crippen molar-refractivity contribution < 1.29 is 27.8 Å². The van der Waals surface area contributed by atoms with Gasteiger partial charge in [0.2, 0.25) is 15.9 Å². The molecule has 11 heteroatoms.